The molecule has 0 radical (unpaired) electrons. The lowest BCUT2D eigenvalue weighted by Crippen LogP contribution is -2.47. The SMILES string of the molecule is O=C(NCc1cccs1)[C@@H]1CC[C@H]2[C@H](CCN2Cc2ccco2)O1. The Labute approximate surface area is 145 Å². The van der Waals surface area contributed by atoms with Crippen molar-refractivity contribution in [2.45, 2.75) is 50.6 Å². The summed E-state index contributed by atoms with van der Waals surface area (Å²) in [5.74, 6) is 1.01. The lowest BCUT2D eigenvalue weighted by atomic mass is 9.98. The van der Waals surface area contributed by atoms with Gasteiger partial charge in [-0.3, -0.25) is 9.69 Å². The maximum absolute atomic E-state index is 12.4. The molecule has 0 aromatic carbocycles. The Balaban J connectivity index is 1.29. The van der Waals surface area contributed by atoms with Gasteiger partial charge < -0.3 is 14.5 Å². The van der Waals surface area contributed by atoms with Crippen LogP contribution in [0.25, 0.3) is 0 Å². The Morgan fingerprint density at radius 1 is 1.29 bits per heavy atom. The normalized spacial score (nSPS) is 27.1. The number of carbonyl (C=O) groups excluding carboxylic acids is 1. The first-order valence-electron chi connectivity index (χ1n) is 8.51. The van der Waals surface area contributed by atoms with Crippen molar-refractivity contribution in [2.75, 3.05) is 6.54 Å². The van der Waals surface area contributed by atoms with Gasteiger partial charge in [0.05, 0.1) is 25.5 Å². The number of amides is 1. The van der Waals surface area contributed by atoms with Crippen molar-refractivity contribution in [3.63, 3.8) is 0 Å². The van der Waals surface area contributed by atoms with Gasteiger partial charge in [-0.2, -0.15) is 0 Å². The zero-order valence-corrected chi connectivity index (χ0v) is 14.3. The number of thiophene rings is 1. The highest BCUT2D eigenvalue weighted by molar-refractivity contribution is 7.09. The molecule has 6 heteroatoms. The Kier molecular flexibility index (Phi) is 4.69. The summed E-state index contributed by atoms with van der Waals surface area (Å²) < 4.78 is 11.6. The van der Waals surface area contributed by atoms with Crippen LogP contribution in [-0.2, 0) is 22.6 Å². The van der Waals surface area contributed by atoms with Crippen LogP contribution in [0.2, 0.25) is 0 Å². The predicted octanol–water partition coefficient (Wildman–Crippen LogP) is 2.78. The average Bonchev–Trinajstić information content (AvgIpc) is 3.35. The van der Waals surface area contributed by atoms with Crippen molar-refractivity contribution < 1.29 is 13.9 Å². The van der Waals surface area contributed by atoms with Gasteiger partial charge in [0, 0.05) is 17.5 Å². The summed E-state index contributed by atoms with van der Waals surface area (Å²) >= 11 is 1.66. The molecule has 1 N–H and O–H groups in total. The quantitative estimate of drug-likeness (QED) is 0.904. The van der Waals surface area contributed by atoms with Crippen molar-refractivity contribution in [3.8, 4) is 0 Å². The van der Waals surface area contributed by atoms with E-state index < -0.39 is 0 Å². The minimum Gasteiger partial charge on any atom is -0.468 e. The first kappa shape index (κ1) is 15.9. The molecule has 2 aliphatic heterocycles. The fourth-order valence-electron chi connectivity index (χ4n) is 3.71. The predicted molar refractivity (Wildman–Crippen MR) is 91.6 cm³/mol. The van der Waals surface area contributed by atoms with Crippen LogP contribution in [0.5, 0.6) is 0 Å². The van der Waals surface area contributed by atoms with Gasteiger partial charge in [-0.05, 0) is 42.8 Å². The standard InChI is InChI=1S/C18H22N2O3S/c21-18(19-11-14-4-2-10-24-14)17-6-5-15-16(23-17)7-8-20(15)12-13-3-1-9-22-13/h1-4,9-10,15-17H,5-8,11-12H2,(H,19,21)/t15-,16-,17-/m0/s1. The molecule has 0 bridgehead atoms. The summed E-state index contributed by atoms with van der Waals surface area (Å²) in [6, 6.07) is 8.37. The Bertz CT molecular complexity index is 656. The van der Waals surface area contributed by atoms with Gasteiger partial charge in [-0.15, -0.1) is 11.3 Å². The van der Waals surface area contributed by atoms with Crippen LogP contribution in [0.15, 0.2) is 40.3 Å². The van der Waals surface area contributed by atoms with E-state index in [-0.39, 0.29) is 18.1 Å². The first-order valence-corrected chi connectivity index (χ1v) is 9.39. The van der Waals surface area contributed by atoms with E-state index >= 15 is 0 Å². The Morgan fingerprint density at radius 3 is 3.04 bits per heavy atom. The molecule has 2 aromatic heterocycles. The van der Waals surface area contributed by atoms with Crippen molar-refractivity contribution in [1.82, 2.24) is 10.2 Å². The van der Waals surface area contributed by atoms with E-state index in [0.717, 1.165) is 38.1 Å². The van der Waals surface area contributed by atoms with Gasteiger partial charge in [-0.1, -0.05) is 6.07 Å². The number of nitrogens with zero attached hydrogens (tertiary/aromatic N) is 1. The van der Waals surface area contributed by atoms with E-state index in [1.165, 1.54) is 4.88 Å². The summed E-state index contributed by atoms with van der Waals surface area (Å²) in [4.78, 5) is 15.9. The summed E-state index contributed by atoms with van der Waals surface area (Å²) in [6.07, 6.45) is 4.34. The van der Waals surface area contributed by atoms with Crippen LogP contribution in [0.1, 0.15) is 29.9 Å². The average molecular weight is 346 g/mol. The molecule has 0 spiro atoms. The van der Waals surface area contributed by atoms with Crippen molar-refractivity contribution >= 4 is 17.2 Å². The molecule has 4 heterocycles. The first-order chi connectivity index (χ1) is 11.8. The number of hydrogen-bond donors (Lipinski definition) is 1. The highest BCUT2D eigenvalue weighted by Gasteiger charge is 2.41. The number of furan rings is 1. The molecule has 2 aromatic rings. The summed E-state index contributed by atoms with van der Waals surface area (Å²) in [6.45, 7) is 2.42. The molecule has 0 saturated carbocycles. The molecule has 4 rings (SSSR count). The molecule has 128 valence electrons. The lowest BCUT2D eigenvalue weighted by molar-refractivity contribution is -0.144. The van der Waals surface area contributed by atoms with Crippen molar-refractivity contribution in [2.24, 2.45) is 0 Å². The largest absolute Gasteiger partial charge is 0.468 e. The van der Waals surface area contributed by atoms with Crippen LogP contribution in [0.3, 0.4) is 0 Å². The summed E-state index contributed by atoms with van der Waals surface area (Å²) in [7, 11) is 0. The van der Waals surface area contributed by atoms with Gasteiger partial charge in [0.25, 0.3) is 0 Å². The fraction of sp³-hybridized carbons (Fsp3) is 0.500. The molecule has 0 aliphatic carbocycles. The number of carbonyl (C=O) groups is 1. The second-order valence-electron chi connectivity index (χ2n) is 6.44. The molecular formula is C18H22N2O3S. The molecule has 5 nitrogen and oxygen atoms in total. The minimum atomic E-state index is -0.310. The van der Waals surface area contributed by atoms with Gasteiger partial charge in [-0.25, -0.2) is 0 Å². The summed E-state index contributed by atoms with van der Waals surface area (Å²) in [5.41, 5.74) is 0. The molecule has 2 fully saturated rings. The van der Waals surface area contributed by atoms with E-state index in [1.54, 1.807) is 17.6 Å². The third-order valence-electron chi connectivity index (χ3n) is 4.91. The zero-order valence-electron chi connectivity index (χ0n) is 13.5. The third kappa shape index (κ3) is 3.41. The number of fused-ring (bicyclic) bond motifs is 1. The number of nitrogens with one attached hydrogen (secondary N) is 1. The second-order valence-corrected chi connectivity index (χ2v) is 7.48. The molecule has 24 heavy (non-hydrogen) atoms. The number of ether oxygens (including phenoxy) is 1. The van der Waals surface area contributed by atoms with Gasteiger partial charge in [0.1, 0.15) is 11.9 Å². The van der Waals surface area contributed by atoms with E-state index in [4.69, 9.17) is 9.15 Å². The second kappa shape index (κ2) is 7.09. The van der Waals surface area contributed by atoms with E-state index in [9.17, 15) is 4.79 Å². The van der Waals surface area contributed by atoms with Crippen molar-refractivity contribution in [3.05, 3.63) is 46.5 Å². The number of rotatable bonds is 5. The van der Waals surface area contributed by atoms with Gasteiger partial charge >= 0.3 is 0 Å². The topological polar surface area (TPSA) is 54.7 Å². The van der Waals surface area contributed by atoms with Crippen LogP contribution in [0.4, 0.5) is 0 Å². The van der Waals surface area contributed by atoms with Crippen molar-refractivity contribution in [1.29, 1.82) is 0 Å². The van der Waals surface area contributed by atoms with E-state index in [0.29, 0.717) is 12.6 Å². The van der Waals surface area contributed by atoms with Crippen LogP contribution >= 0.6 is 11.3 Å². The molecule has 0 unspecified atom stereocenters. The smallest absolute Gasteiger partial charge is 0.249 e. The van der Waals surface area contributed by atoms with Gasteiger partial charge in [0.15, 0.2) is 0 Å². The third-order valence-corrected chi connectivity index (χ3v) is 5.79. The Morgan fingerprint density at radius 2 is 2.25 bits per heavy atom. The molecule has 1 amide bonds. The van der Waals surface area contributed by atoms with E-state index in [1.807, 2.05) is 29.6 Å². The lowest BCUT2D eigenvalue weighted by Gasteiger charge is -2.35. The maximum atomic E-state index is 12.4. The zero-order chi connectivity index (χ0) is 16.4. The summed E-state index contributed by atoms with van der Waals surface area (Å²) in [5, 5.41) is 5.02. The molecule has 3 atom stereocenters. The van der Waals surface area contributed by atoms with Crippen LogP contribution < -0.4 is 5.32 Å². The Hall–Kier alpha value is -1.63. The monoisotopic (exact) mass is 346 g/mol. The van der Waals surface area contributed by atoms with E-state index in [2.05, 4.69) is 10.2 Å². The molecular weight excluding hydrogens is 324 g/mol. The highest BCUT2D eigenvalue weighted by Crippen LogP contribution is 2.32. The molecule has 2 aliphatic rings. The maximum Gasteiger partial charge on any atom is 0.249 e. The van der Waals surface area contributed by atoms with Gasteiger partial charge in [0.2, 0.25) is 5.91 Å². The fourth-order valence-corrected chi connectivity index (χ4v) is 4.35. The molecule has 2 saturated heterocycles. The minimum absolute atomic E-state index is 0.0198. The number of likely N-dealkylation sites (tertiary alicyclic amines) is 1. The highest BCUT2D eigenvalue weighted by atomic mass is 32.1. The van der Waals surface area contributed by atoms with Crippen LogP contribution in [-0.4, -0.2) is 35.6 Å². The van der Waals surface area contributed by atoms with Crippen LogP contribution in [0, 0.1) is 0 Å². The number of hydrogen-bond acceptors (Lipinski definition) is 5.